The van der Waals surface area contributed by atoms with Crippen LogP contribution in [0.15, 0.2) is 41.3 Å². The van der Waals surface area contributed by atoms with Crippen LogP contribution in [-0.2, 0) is 27.7 Å². The van der Waals surface area contributed by atoms with Crippen molar-refractivity contribution in [3.8, 4) is 0 Å². The minimum Gasteiger partial charge on any atom is -0.423 e. The van der Waals surface area contributed by atoms with Crippen molar-refractivity contribution < 1.29 is 27.3 Å². The molecular weight excluding hydrogens is 360 g/mol. The van der Waals surface area contributed by atoms with E-state index in [1.54, 1.807) is 0 Å². The first-order chi connectivity index (χ1) is 12.2. The van der Waals surface area contributed by atoms with Crippen LogP contribution in [0.4, 0.5) is 4.39 Å². The molecule has 9 heteroatoms. The van der Waals surface area contributed by atoms with E-state index in [4.69, 9.17) is 4.65 Å². The number of rotatable bonds is 5. The second-order valence-corrected chi connectivity index (χ2v) is 8.38. The van der Waals surface area contributed by atoms with Crippen LogP contribution in [0.5, 0.6) is 0 Å². The van der Waals surface area contributed by atoms with Crippen LogP contribution in [0.25, 0.3) is 0 Å². The minimum absolute atomic E-state index is 0.0883. The number of ketones is 1. The zero-order valence-corrected chi connectivity index (χ0v) is 15.1. The largest absolute Gasteiger partial charge is 0.491 e. The average molecular weight is 377 g/mol. The van der Waals surface area contributed by atoms with Crippen molar-refractivity contribution in [1.29, 1.82) is 0 Å². The first kappa shape index (κ1) is 18.7. The summed E-state index contributed by atoms with van der Waals surface area (Å²) in [6, 6.07) is 8.39. The number of nitrogens with zero attached hydrogens (tertiary/aromatic N) is 1. The monoisotopic (exact) mass is 377 g/mol. The Kier molecular flexibility index (Phi) is 4.98. The van der Waals surface area contributed by atoms with Gasteiger partial charge < -0.3 is 9.68 Å². The molecular formula is C17H17BFNO5S. The SMILES string of the molecule is CN(C)S(=O)(=O)c1ccc(CC(=O)c2cc3c(cc2F)COB3O)cc1. The van der Waals surface area contributed by atoms with Crippen LogP contribution in [0.1, 0.15) is 21.5 Å². The van der Waals surface area contributed by atoms with E-state index in [0.717, 1.165) is 4.31 Å². The quantitative estimate of drug-likeness (QED) is 0.613. The van der Waals surface area contributed by atoms with Crippen LogP contribution in [0.3, 0.4) is 0 Å². The van der Waals surface area contributed by atoms with Crippen molar-refractivity contribution in [1.82, 2.24) is 4.31 Å². The molecule has 0 spiro atoms. The Labute approximate surface area is 151 Å². The summed E-state index contributed by atoms with van der Waals surface area (Å²) in [6.45, 7) is 0.101. The summed E-state index contributed by atoms with van der Waals surface area (Å²) < 4.78 is 44.4. The van der Waals surface area contributed by atoms with Gasteiger partial charge >= 0.3 is 7.12 Å². The number of fused-ring (bicyclic) bond motifs is 1. The summed E-state index contributed by atoms with van der Waals surface area (Å²) >= 11 is 0. The molecule has 26 heavy (non-hydrogen) atoms. The second kappa shape index (κ2) is 6.92. The Morgan fingerprint density at radius 1 is 1.27 bits per heavy atom. The van der Waals surface area contributed by atoms with E-state index in [2.05, 4.69) is 0 Å². The highest BCUT2D eigenvalue weighted by atomic mass is 32.2. The summed E-state index contributed by atoms with van der Waals surface area (Å²) in [6.07, 6.45) is -0.0883. The lowest BCUT2D eigenvalue weighted by Crippen LogP contribution is -2.29. The summed E-state index contributed by atoms with van der Waals surface area (Å²) in [4.78, 5) is 12.6. The van der Waals surface area contributed by atoms with Crippen molar-refractivity contribution in [3.05, 3.63) is 58.9 Å². The summed E-state index contributed by atoms with van der Waals surface area (Å²) in [5.74, 6) is -1.13. The molecule has 0 atom stereocenters. The van der Waals surface area contributed by atoms with Crippen LogP contribution >= 0.6 is 0 Å². The zero-order chi connectivity index (χ0) is 19.1. The summed E-state index contributed by atoms with van der Waals surface area (Å²) in [7, 11) is -1.84. The van der Waals surface area contributed by atoms with E-state index in [0.29, 0.717) is 16.6 Å². The molecule has 136 valence electrons. The normalized spacial score (nSPS) is 14.0. The predicted octanol–water partition coefficient (Wildman–Crippen LogP) is 0.719. The van der Waals surface area contributed by atoms with Gasteiger partial charge in [-0.1, -0.05) is 12.1 Å². The molecule has 0 saturated heterocycles. The van der Waals surface area contributed by atoms with Crippen LogP contribution in [-0.4, -0.2) is 44.7 Å². The van der Waals surface area contributed by atoms with E-state index in [-0.39, 0.29) is 23.5 Å². The summed E-state index contributed by atoms with van der Waals surface area (Å²) in [5, 5.41) is 9.70. The molecule has 1 heterocycles. The number of sulfonamides is 1. The maximum Gasteiger partial charge on any atom is 0.491 e. The Bertz CT molecular complexity index is 960. The Balaban J connectivity index is 1.82. The van der Waals surface area contributed by atoms with Gasteiger partial charge in [0.05, 0.1) is 17.1 Å². The number of halogens is 1. The first-order valence-corrected chi connectivity index (χ1v) is 9.31. The number of Topliss-reactive ketones (excluding diaryl/α,β-unsaturated/α-hetero) is 1. The lowest BCUT2D eigenvalue weighted by Gasteiger charge is -2.11. The lowest BCUT2D eigenvalue weighted by atomic mass is 9.78. The van der Waals surface area contributed by atoms with E-state index < -0.39 is 28.7 Å². The molecule has 0 aliphatic carbocycles. The Morgan fingerprint density at radius 3 is 2.54 bits per heavy atom. The highest BCUT2D eigenvalue weighted by Crippen LogP contribution is 2.19. The van der Waals surface area contributed by atoms with Gasteiger partial charge in [-0.3, -0.25) is 4.79 Å². The van der Waals surface area contributed by atoms with Crippen molar-refractivity contribution in [2.75, 3.05) is 14.1 Å². The van der Waals surface area contributed by atoms with Crippen molar-refractivity contribution >= 4 is 28.4 Å². The molecule has 1 N–H and O–H groups in total. The molecule has 0 saturated carbocycles. The number of hydrogen-bond acceptors (Lipinski definition) is 5. The molecule has 3 rings (SSSR count). The molecule has 0 unspecified atom stereocenters. The standard InChI is InChI=1S/C17H17BFNO5S/c1-20(2)26(23,24)13-5-3-11(4-6-13)7-17(21)14-9-15-12(8-16(14)19)10-25-18(15)22/h3-6,8-9,22H,7,10H2,1-2H3. The molecule has 0 radical (unpaired) electrons. The number of benzene rings is 2. The van der Waals surface area contributed by atoms with Crippen molar-refractivity contribution in [3.63, 3.8) is 0 Å². The number of hydrogen-bond donors (Lipinski definition) is 1. The van der Waals surface area contributed by atoms with E-state index in [1.807, 2.05) is 0 Å². The Hall–Kier alpha value is -2.07. The average Bonchev–Trinajstić information content (AvgIpc) is 2.94. The topological polar surface area (TPSA) is 83.9 Å². The molecule has 6 nitrogen and oxygen atoms in total. The van der Waals surface area contributed by atoms with Gasteiger partial charge in [-0.25, -0.2) is 17.1 Å². The van der Waals surface area contributed by atoms with Gasteiger partial charge in [0.15, 0.2) is 5.78 Å². The van der Waals surface area contributed by atoms with Gasteiger partial charge in [-0.2, -0.15) is 0 Å². The molecule has 1 aliphatic rings. The molecule has 0 fully saturated rings. The fourth-order valence-corrected chi connectivity index (χ4v) is 3.63. The van der Waals surface area contributed by atoms with Crippen LogP contribution in [0, 0.1) is 5.82 Å². The molecule has 0 amide bonds. The van der Waals surface area contributed by atoms with Gasteiger partial charge in [-0.15, -0.1) is 0 Å². The maximum absolute atomic E-state index is 14.2. The zero-order valence-electron chi connectivity index (χ0n) is 14.3. The second-order valence-electron chi connectivity index (χ2n) is 6.23. The highest BCUT2D eigenvalue weighted by Gasteiger charge is 2.30. The van der Waals surface area contributed by atoms with Crippen molar-refractivity contribution in [2.45, 2.75) is 17.9 Å². The molecule has 0 bridgehead atoms. The third-order valence-corrected chi connectivity index (χ3v) is 6.09. The third kappa shape index (κ3) is 3.43. The molecule has 2 aromatic carbocycles. The highest BCUT2D eigenvalue weighted by molar-refractivity contribution is 7.89. The molecule has 0 aromatic heterocycles. The van der Waals surface area contributed by atoms with Crippen LogP contribution < -0.4 is 5.46 Å². The first-order valence-electron chi connectivity index (χ1n) is 7.87. The number of carbonyl (C=O) groups excluding carboxylic acids is 1. The van der Waals surface area contributed by atoms with Gasteiger partial charge in [-0.05, 0) is 40.9 Å². The molecule has 1 aliphatic heterocycles. The third-order valence-electron chi connectivity index (χ3n) is 4.26. The fourth-order valence-electron chi connectivity index (χ4n) is 2.73. The summed E-state index contributed by atoms with van der Waals surface area (Å²) in [5.41, 5.74) is 1.34. The smallest absolute Gasteiger partial charge is 0.423 e. The fraction of sp³-hybridized carbons (Fsp3) is 0.235. The van der Waals surface area contributed by atoms with Crippen LogP contribution in [0.2, 0.25) is 0 Å². The predicted molar refractivity (Wildman–Crippen MR) is 94.1 cm³/mol. The molecule has 2 aromatic rings. The van der Waals surface area contributed by atoms with E-state index in [1.165, 1.54) is 50.5 Å². The Morgan fingerprint density at radius 2 is 1.92 bits per heavy atom. The lowest BCUT2D eigenvalue weighted by molar-refractivity contribution is 0.0989. The number of carbonyl (C=O) groups is 1. The van der Waals surface area contributed by atoms with Gasteiger partial charge in [0.2, 0.25) is 10.0 Å². The van der Waals surface area contributed by atoms with Gasteiger partial charge in [0.25, 0.3) is 0 Å². The van der Waals surface area contributed by atoms with E-state index in [9.17, 15) is 22.6 Å². The van der Waals surface area contributed by atoms with E-state index >= 15 is 0 Å². The maximum atomic E-state index is 14.2. The minimum atomic E-state index is -3.55. The van der Waals surface area contributed by atoms with Crippen molar-refractivity contribution in [2.24, 2.45) is 0 Å². The van der Waals surface area contributed by atoms with Gasteiger partial charge in [0, 0.05) is 20.5 Å². The van der Waals surface area contributed by atoms with Gasteiger partial charge in [0.1, 0.15) is 5.82 Å².